The minimum atomic E-state index is 0.471. The predicted molar refractivity (Wildman–Crippen MR) is 60.5 cm³/mol. The minimum absolute atomic E-state index is 0.471. The minimum Gasteiger partial charge on any atom is -0.384 e. The summed E-state index contributed by atoms with van der Waals surface area (Å²) in [7, 11) is 1.77. The van der Waals surface area contributed by atoms with Crippen LogP contribution in [-0.4, -0.2) is 37.7 Å². The Morgan fingerprint density at radius 1 is 1.47 bits per heavy atom. The highest BCUT2D eigenvalue weighted by atomic mass is 16.5. The van der Waals surface area contributed by atoms with E-state index >= 15 is 0 Å². The highest BCUT2D eigenvalue weighted by Crippen LogP contribution is 2.21. The largest absolute Gasteiger partial charge is 0.384 e. The van der Waals surface area contributed by atoms with Gasteiger partial charge in [0.2, 0.25) is 0 Å². The first-order valence-corrected chi connectivity index (χ1v) is 5.91. The molecule has 86 valence electrons. The summed E-state index contributed by atoms with van der Waals surface area (Å²) in [4.78, 5) is 2.47. The van der Waals surface area contributed by atoms with Crippen LogP contribution in [0.3, 0.4) is 0 Å². The van der Waals surface area contributed by atoms with Crippen LogP contribution in [0.25, 0.3) is 0 Å². The predicted octanol–water partition coefficient (Wildman–Crippen LogP) is 2.04. The highest BCUT2D eigenvalue weighted by molar-refractivity contribution is 4.84. The van der Waals surface area contributed by atoms with Crippen LogP contribution < -0.4 is 0 Å². The molecule has 3 heteroatoms. The van der Waals surface area contributed by atoms with E-state index in [1.54, 1.807) is 7.11 Å². The third-order valence-corrected chi connectivity index (χ3v) is 3.37. The van der Waals surface area contributed by atoms with E-state index in [0.29, 0.717) is 12.5 Å². The van der Waals surface area contributed by atoms with Crippen molar-refractivity contribution >= 4 is 0 Å². The van der Waals surface area contributed by atoms with Crippen molar-refractivity contribution in [3.05, 3.63) is 0 Å². The summed E-state index contributed by atoms with van der Waals surface area (Å²) >= 11 is 0. The molecule has 15 heavy (non-hydrogen) atoms. The topological polar surface area (TPSA) is 36.3 Å². The van der Waals surface area contributed by atoms with E-state index in [2.05, 4.69) is 17.9 Å². The Labute approximate surface area is 93.0 Å². The molecular formula is C12H22N2O. The lowest BCUT2D eigenvalue weighted by Gasteiger charge is -2.36. The summed E-state index contributed by atoms with van der Waals surface area (Å²) in [5.41, 5.74) is 0. The molecule has 1 heterocycles. The van der Waals surface area contributed by atoms with E-state index in [4.69, 9.17) is 10.00 Å². The van der Waals surface area contributed by atoms with Crippen molar-refractivity contribution in [3.8, 4) is 6.07 Å². The lowest BCUT2D eigenvalue weighted by atomic mass is 9.95. The van der Waals surface area contributed by atoms with Gasteiger partial charge < -0.3 is 4.74 Å². The van der Waals surface area contributed by atoms with Gasteiger partial charge in [-0.2, -0.15) is 5.26 Å². The summed E-state index contributed by atoms with van der Waals surface area (Å²) in [5, 5.41) is 8.74. The molecule has 0 aromatic rings. The van der Waals surface area contributed by atoms with Crippen molar-refractivity contribution in [2.75, 3.05) is 26.8 Å². The molecule has 1 aliphatic heterocycles. The number of methoxy groups -OCH3 is 1. The van der Waals surface area contributed by atoms with Gasteiger partial charge in [-0.15, -0.1) is 0 Å². The maximum absolute atomic E-state index is 8.74. The van der Waals surface area contributed by atoms with Crippen LogP contribution in [0, 0.1) is 17.2 Å². The van der Waals surface area contributed by atoms with Gasteiger partial charge in [0, 0.05) is 19.8 Å². The van der Waals surface area contributed by atoms with Gasteiger partial charge in [-0.1, -0.05) is 6.92 Å². The van der Waals surface area contributed by atoms with Crippen LogP contribution >= 0.6 is 0 Å². The number of likely N-dealkylation sites (tertiary alicyclic amines) is 1. The SMILES string of the molecule is CCC(CC#N)N1CCC(COC)CC1. The van der Waals surface area contributed by atoms with E-state index in [1.807, 2.05) is 0 Å². The Balaban J connectivity index is 2.32. The second-order valence-electron chi connectivity index (χ2n) is 4.36. The van der Waals surface area contributed by atoms with Crippen LogP contribution in [-0.2, 0) is 4.74 Å². The molecule has 0 saturated carbocycles. The van der Waals surface area contributed by atoms with Crippen molar-refractivity contribution < 1.29 is 4.74 Å². The fourth-order valence-corrected chi connectivity index (χ4v) is 2.36. The third-order valence-electron chi connectivity index (χ3n) is 3.37. The zero-order chi connectivity index (χ0) is 11.1. The fraction of sp³-hybridized carbons (Fsp3) is 0.917. The lowest BCUT2D eigenvalue weighted by molar-refractivity contribution is 0.0793. The number of hydrogen-bond donors (Lipinski definition) is 0. The number of nitrogens with zero attached hydrogens (tertiary/aromatic N) is 2. The first-order valence-electron chi connectivity index (χ1n) is 5.91. The molecule has 1 rings (SSSR count). The quantitative estimate of drug-likeness (QED) is 0.696. The number of rotatable bonds is 5. The molecule has 1 aliphatic rings. The molecule has 0 aliphatic carbocycles. The molecule has 1 atom stereocenters. The molecule has 1 unspecified atom stereocenters. The Kier molecular flexibility index (Phi) is 5.67. The van der Waals surface area contributed by atoms with Gasteiger partial charge in [0.05, 0.1) is 12.5 Å². The molecule has 1 fully saturated rings. The Morgan fingerprint density at radius 2 is 2.13 bits per heavy atom. The molecule has 0 aromatic heterocycles. The summed E-state index contributed by atoms with van der Waals surface area (Å²) in [6.07, 6.45) is 4.19. The van der Waals surface area contributed by atoms with Crippen molar-refractivity contribution in [2.24, 2.45) is 5.92 Å². The van der Waals surface area contributed by atoms with Crippen molar-refractivity contribution in [3.63, 3.8) is 0 Å². The molecule has 0 spiro atoms. The van der Waals surface area contributed by atoms with E-state index in [-0.39, 0.29) is 0 Å². The van der Waals surface area contributed by atoms with Crippen molar-refractivity contribution in [1.29, 1.82) is 5.26 Å². The summed E-state index contributed by atoms with van der Waals surface area (Å²) in [6, 6.07) is 2.76. The van der Waals surface area contributed by atoms with Gasteiger partial charge >= 0.3 is 0 Å². The summed E-state index contributed by atoms with van der Waals surface area (Å²) < 4.78 is 5.18. The normalized spacial score (nSPS) is 21.1. The van der Waals surface area contributed by atoms with Crippen LogP contribution in [0.15, 0.2) is 0 Å². The monoisotopic (exact) mass is 210 g/mol. The van der Waals surface area contributed by atoms with E-state index in [1.165, 1.54) is 12.8 Å². The molecule has 0 radical (unpaired) electrons. The molecule has 1 saturated heterocycles. The molecule has 3 nitrogen and oxygen atoms in total. The third kappa shape index (κ3) is 3.81. The second-order valence-corrected chi connectivity index (χ2v) is 4.36. The number of hydrogen-bond acceptors (Lipinski definition) is 3. The highest BCUT2D eigenvalue weighted by Gasteiger charge is 2.23. The van der Waals surface area contributed by atoms with Crippen LogP contribution in [0.1, 0.15) is 32.6 Å². The Bertz CT molecular complexity index is 204. The van der Waals surface area contributed by atoms with Crippen LogP contribution in [0.5, 0.6) is 0 Å². The zero-order valence-corrected chi connectivity index (χ0v) is 9.91. The van der Waals surface area contributed by atoms with Gasteiger partial charge in [0.25, 0.3) is 0 Å². The average Bonchev–Trinajstić information content (AvgIpc) is 2.28. The van der Waals surface area contributed by atoms with Crippen LogP contribution in [0.4, 0.5) is 0 Å². The lowest BCUT2D eigenvalue weighted by Crippen LogP contribution is -2.41. The zero-order valence-electron chi connectivity index (χ0n) is 9.91. The van der Waals surface area contributed by atoms with Crippen LogP contribution in [0.2, 0.25) is 0 Å². The van der Waals surface area contributed by atoms with Gasteiger partial charge in [0.15, 0.2) is 0 Å². The standard InChI is InChI=1S/C12H22N2O/c1-3-12(4-7-13)14-8-5-11(6-9-14)10-15-2/h11-12H,3-6,8-10H2,1-2H3. The first kappa shape index (κ1) is 12.5. The molecule has 0 aromatic carbocycles. The fourth-order valence-electron chi connectivity index (χ4n) is 2.36. The van der Waals surface area contributed by atoms with Crippen molar-refractivity contribution in [2.45, 2.75) is 38.6 Å². The van der Waals surface area contributed by atoms with Crippen molar-refractivity contribution in [1.82, 2.24) is 4.90 Å². The second kappa shape index (κ2) is 6.81. The molecular weight excluding hydrogens is 188 g/mol. The molecule has 0 amide bonds. The number of piperidine rings is 1. The Hall–Kier alpha value is -0.590. The maximum Gasteiger partial charge on any atom is 0.0638 e. The van der Waals surface area contributed by atoms with E-state index < -0.39 is 0 Å². The Morgan fingerprint density at radius 3 is 2.60 bits per heavy atom. The maximum atomic E-state index is 8.74. The molecule has 0 N–H and O–H groups in total. The molecule has 0 bridgehead atoms. The summed E-state index contributed by atoms with van der Waals surface area (Å²) in [6.45, 7) is 5.33. The average molecular weight is 210 g/mol. The first-order chi connectivity index (χ1) is 7.31. The van der Waals surface area contributed by atoms with Gasteiger partial charge in [-0.25, -0.2) is 0 Å². The summed E-state index contributed by atoms with van der Waals surface area (Å²) in [5.74, 6) is 0.728. The number of nitriles is 1. The van der Waals surface area contributed by atoms with Gasteiger partial charge in [-0.05, 0) is 38.3 Å². The van der Waals surface area contributed by atoms with Gasteiger partial charge in [-0.3, -0.25) is 4.90 Å². The van der Waals surface area contributed by atoms with Gasteiger partial charge in [0.1, 0.15) is 0 Å². The number of ether oxygens (including phenoxy) is 1. The van der Waals surface area contributed by atoms with E-state index in [9.17, 15) is 0 Å². The smallest absolute Gasteiger partial charge is 0.0638 e. The van der Waals surface area contributed by atoms with E-state index in [0.717, 1.165) is 32.0 Å².